The molecule has 0 bridgehead atoms. The molecular weight excluding hydrogens is 192 g/mol. The first-order chi connectivity index (χ1) is 7.07. The van der Waals surface area contributed by atoms with Crippen LogP contribution in [0.1, 0.15) is 25.5 Å². The Bertz CT molecular complexity index is 352. The molecular formula is C11H16N2O2. The van der Waals surface area contributed by atoms with E-state index in [1.165, 1.54) is 0 Å². The molecule has 1 unspecified atom stereocenters. The van der Waals surface area contributed by atoms with Gasteiger partial charge in [-0.25, -0.2) is 0 Å². The lowest BCUT2D eigenvalue weighted by molar-refractivity contribution is -0.385. The second-order valence-corrected chi connectivity index (χ2v) is 3.57. The van der Waals surface area contributed by atoms with Crippen molar-refractivity contribution in [2.45, 2.75) is 19.9 Å². The molecule has 0 fully saturated rings. The van der Waals surface area contributed by atoms with Gasteiger partial charge < -0.3 is 0 Å². The fourth-order valence-corrected chi connectivity index (χ4v) is 1.52. The molecule has 4 heteroatoms. The van der Waals surface area contributed by atoms with Crippen LogP contribution < -0.4 is 0 Å². The van der Waals surface area contributed by atoms with Gasteiger partial charge in [0.1, 0.15) is 0 Å². The van der Waals surface area contributed by atoms with Crippen LogP contribution >= 0.6 is 0 Å². The highest BCUT2D eigenvalue weighted by Gasteiger charge is 2.19. The van der Waals surface area contributed by atoms with Crippen molar-refractivity contribution in [3.63, 3.8) is 0 Å². The topological polar surface area (TPSA) is 46.4 Å². The Morgan fingerprint density at radius 3 is 2.60 bits per heavy atom. The molecule has 0 aliphatic carbocycles. The minimum atomic E-state index is -0.324. The van der Waals surface area contributed by atoms with E-state index in [4.69, 9.17) is 0 Å². The molecule has 0 N–H and O–H groups in total. The standard InChI is InChI=1S/C11H16N2O2/c1-4-12(3)9(2)10-7-5-6-8-11(10)13(14)15/h5-9H,4H2,1-3H3. The van der Waals surface area contributed by atoms with Gasteiger partial charge in [0.25, 0.3) is 5.69 Å². The lowest BCUT2D eigenvalue weighted by Crippen LogP contribution is -2.22. The van der Waals surface area contributed by atoms with Crippen LogP contribution in [0.15, 0.2) is 24.3 Å². The second kappa shape index (κ2) is 4.89. The van der Waals surface area contributed by atoms with E-state index < -0.39 is 0 Å². The zero-order chi connectivity index (χ0) is 11.4. The number of para-hydroxylation sites is 1. The number of nitrogens with zero attached hydrogens (tertiary/aromatic N) is 2. The Balaban J connectivity index is 3.07. The minimum absolute atomic E-state index is 0.0663. The molecule has 0 amide bonds. The summed E-state index contributed by atoms with van der Waals surface area (Å²) in [5.41, 5.74) is 0.970. The van der Waals surface area contributed by atoms with Crippen LogP contribution in [0.25, 0.3) is 0 Å². The fourth-order valence-electron chi connectivity index (χ4n) is 1.52. The summed E-state index contributed by atoms with van der Waals surface area (Å²) in [5.74, 6) is 0. The number of hydrogen-bond acceptors (Lipinski definition) is 3. The summed E-state index contributed by atoms with van der Waals surface area (Å²) in [6.07, 6.45) is 0. The number of benzene rings is 1. The molecule has 0 saturated heterocycles. The lowest BCUT2D eigenvalue weighted by Gasteiger charge is -2.22. The Labute approximate surface area is 89.7 Å². The van der Waals surface area contributed by atoms with Crippen LogP contribution in [-0.4, -0.2) is 23.4 Å². The third-order valence-corrected chi connectivity index (χ3v) is 2.74. The predicted molar refractivity (Wildman–Crippen MR) is 59.8 cm³/mol. The van der Waals surface area contributed by atoms with E-state index in [1.54, 1.807) is 12.1 Å². The van der Waals surface area contributed by atoms with Crippen LogP contribution in [0, 0.1) is 10.1 Å². The van der Waals surface area contributed by atoms with Gasteiger partial charge in [-0.05, 0) is 20.5 Å². The van der Waals surface area contributed by atoms with Crippen molar-refractivity contribution in [1.29, 1.82) is 0 Å². The largest absolute Gasteiger partial charge is 0.300 e. The molecule has 0 aromatic heterocycles. The minimum Gasteiger partial charge on any atom is -0.300 e. The van der Waals surface area contributed by atoms with E-state index in [0.717, 1.165) is 12.1 Å². The van der Waals surface area contributed by atoms with E-state index in [0.29, 0.717) is 0 Å². The molecule has 4 nitrogen and oxygen atoms in total. The summed E-state index contributed by atoms with van der Waals surface area (Å²) in [5, 5.41) is 10.8. The average Bonchev–Trinajstić information content (AvgIpc) is 2.27. The van der Waals surface area contributed by atoms with Crippen molar-refractivity contribution in [1.82, 2.24) is 4.90 Å². The molecule has 15 heavy (non-hydrogen) atoms. The highest BCUT2D eigenvalue weighted by atomic mass is 16.6. The summed E-state index contributed by atoms with van der Waals surface area (Å²) in [6.45, 7) is 4.88. The highest BCUT2D eigenvalue weighted by molar-refractivity contribution is 5.41. The molecule has 1 aromatic rings. The normalized spacial score (nSPS) is 12.8. The third-order valence-electron chi connectivity index (χ3n) is 2.74. The fraction of sp³-hybridized carbons (Fsp3) is 0.455. The van der Waals surface area contributed by atoms with Crippen molar-refractivity contribution in [2.24, 2.45) is 0 Å². The highest BCUT2D eigenvalue weighted by Crippen LogP contribution is 2.27. The molecule has 1 atom stereocenters. The maximum Gasteiger partial charge on any atom is 0.274 e. The number of nitro groups is 1. The molecule has 1 aromatic carbocycles. The van der Waals surface area contributed by atoms with E-state index in [9.17, 15) is 10.1 Å². The quantitative estimate of drug-likeness (QED) is 0.564. The average molecular weight is 208 g/mol. The number of hydrogen-bond donors (Lipinski definition) is 0. The van der Waals surface area contributed by atoms with Crippen LogP contribution in [0.4, 0.5) is 5.69 Å². The number of nitro benzene ring substituents is 1. The zero-order valence-electron chi connectivity index (χ0n) is 9.30. The Hall–Kier alpha value is -1.42. The van der Waals surface area contributed by atoms with E-state index in [2.05, 4.69) is 4.90 Å². The molecule has 0 aliphatic heterocycles. The smallest absolute Gasteiger partial charge is 0.274 e. The maximum atomic E-state index is 10.8. The number of rotatable bonds is 4. The first kappa shape index (κ1) is 11.7. The van der Waals surface area contributed by atoms with Gasteiger partial charge in [0, 0.05) is 17.7 Å². The third kappa shape index (κ3) is 2.53. The van der Waals surface area contributed by atoms with Crippen LogP contribution in [0.5, 0.6) is 0 Å². The van der Waals surface area contributed by atoms with E-state index >= 15 is 0 Å². The SMILES string of the molecule is CCN(C)C(C)c1ccccc1[N+](=O)[O-]. The van der Waals surface area contributed by atoms with Crippen molar-refractivity contribution in [3.05, 3.63) is 39.9 Å². The van der Waals surface area contributed by atoms with Crippen LogP contribution in [0.3, 0.4) is 0 Å². The van der Waals surface area contributed by atoms with E-state index in [1.807, 2.05) is 33.0 Å². The molecule has 0 spiro atoms. The van der Waals surface area contributed by atoms with Crippen LogP contribution in [0.2, 0.25) is 0 Å². The van der Waals surface area contributed by atoms with E-state index in [-0.39, 0.29) is 16.7 Å². The summed E-state index contributed by atoms with van der Waals surface area (Å²) in [4.78, 5) is 12.6. The molecule has 1 rings (SSSR count). The van der Waals surface area contributed by atoms with Gasteiger partial charge in [-0.2, -0.15) is 0 Å². The van der Waals surface area contributed by atoms with Gasteiger partial charge in [0.05, 0.1) is 4.92 Å². The van der Waals surface area contributed by atoms with Gasteiger partial charge in [0.15, 0.2) is 0 Å². The van der Waals surface area contributed by atoms with Crippen molar-refractivity contribution in [3.8, 4) is 0 Å². The van der Waals surface area contributed by atoms with Gasteiger partial charge in [-0.3, -0.25) is 15.0 Å². The molecule has 0 aliphatic rings. The summed E-state index contributed by atoms with van der Waals surface area (Å²) < 4.78 is 0. The molecule has 82 valence electrons. The Morgan fingerprint density at radius 2 is 2.07 bits per heavy atom. The Kier molecular flexibility index (Phi) is 3.80. The van der Waals surface area contributed by atoms with Crippen LogP contribution in [-0.2, 0) is 0 Å². The van der Waals surface area contributed by atoms with Gasteiger partial charge in [-0.15, -0.1) is 0 Å². The van der Waals surface area contributed by atoms with Crippen molar-refractivity contribution in [2.75, 3.05) is 13.6 Å². The lowest BCUT2D eigenvalue weighted by atomic mass is 10.1. The second-order valence-electron chi connectivity index (χ2n) is 3.57. The van der Waals surface area contributed by atoms with Gasteiger partial charge in [-0.1, -0.05) is 25.1 Å². The zero-order valence-corrected chi connectivity index (χ0v) is 9.30. The monoisotopic (exact) mass is 208 g/mol. The molecule has 0 radical (unpaired) electrons. The maximum absolute atomic E-state index is 10.8. The van der Waals surface area contributed by atoms with Crippen molar-refractivity contribution < 1.29 is 4.92 Å². The first-order valence-electron chi connectivity index (χ1n) is 5.01. The van der Waals surface area contributed by atoms with Crippen molar-refractivity contribution >= 4 is 5.69 Å². The summed E-state index contributed by atoms with van der Waals surface area (Å²) >= 11 is 0. The predicted octanol–water partition coefficient (Wildman–Crippen LogP) is 2.61. The molecule has 0 heterocycles. The summed E-state index contributed by atoms with van der Waals surface area (Å²) in [7, 11) is 1.96. The van der Waals surface area contributed by atoms with Gasteiger partial charge in [0.2, 0.25) is 0 Å². The molecule has 0 saturated carbocycles. The Morgan fingerprint density at radius 1 is 1.47 bits per heavy atom. The first-order valence-corrected chi connectivity index (χ1v) is 5.01. The van der Waals surface area contributed by atoms with Gasteiger partial charge >= 0.3 is 0 Å². The summed E-state index contributed by atoms with van der Waals surface area (Å²) in [6, 6.07) is 6.96.